The van der Waals surface area contributed by atoms with Gasteiger partial charge in [-0.2, -0.15) is 0 Å². The Balaban J connectivity index is 1.30. The van der Waals surface area contributed by atoms with Gasteiger partial charge in [-0.25, -0.2) is 15.0 Å². The van der Waals surface area contributed by atoms with Crippen LogP contribution < -0.4 is 5.32 Å². The fourth-order valence-corrected chi connectivity index (χ4v) is 4.45. The molecule has 0 radical (unpaired) electrons. The van der Waals surface area contributed by atoms with E-state index in [4.69, 9.17) is 4.42 Å². The second-order valence-electron chi connectivity index (χ2n) is 7.17. The molecule has 0 atom stereocenters. The average molecular weight is 372 g/mol. The highest BCUT2D eigenvalue weighted by Crippen LogP contribution is 2.29. The Labute approximate surface area is 157 Å². The molecule has 138 valence electrons. The molecule has 1 aliphatic rings. The predicted molar refractivity (Wildman–Crippen MR) is 105 cm³/mol. The highest BCUT2D eigenvalue weighted by atomic mass is 32.1. The molecule has 0 saturated carbocycles. The van der Waals surface area contributed by atoms with Crippen molar-refractivity contribution < 1.29 is 4.42 Å². The first kappa shape index (κ1) is 17.4. The van der Waals surface area contributed by atoms with Crippen LogP contribution in [0.5, 0.6) is 0 Å². The molecular weight excluding hydrogens is 346 g/mol. The van der Waals surface area contributed by atoms with Gasteiger partial charge in [-0.15, -0.1) is 11.3 Å². The standard InChI is InChI=1S/C19H25N5OS/c1-12-10-26-18-17(12)21-11-22-19(18)20-8-15-4-6-24(7-5-15)9-16-23-13(2)14(3)25-16/h10-11,15H,4-9H2,1-3H3,(H,20,21,22). The second kappa shape index (κ2) is 7.32. The number of likely N-dealkylation sites (tertiary alicyclic amines) is 1. The zero-order chi connectivity index (χ0) is 18.1. The molecule has 4 heterocycles. The van der Waals surface area contributed by atoms with E-state index < -0.39 is 0 Å². The number of nitrogens with one attached hydrogen (secondary N) is 1. The molecule has 0 spiro atoms. The predicted octanol–water partition coefficient (Wildman–Crippen LogP) is 3.93. The average Bonchev–Trinajstić information content (AvgIpc) is 3.17. The minimum Gasteiger partial charge on any atom is -0.444 e. The van der Waals surface area contributed by atoms with Crippen molar-refractivity contribution in [3.8, 4) is 0 Å². The smallest absolute Gasteiger partial charge is 0.208 e. The van der Waals surface area contributed by atoms with Crippen LogP contribution in [-0.4, -0.2) is 39.5 Å². The van der Waals surface area contributed by atoms with Crippen molar-refractivity contribution in [1.29, 1.82) is 0 Å². The quantitative estimate of drug-likeness (QED) is 0.733. The lowest BCUT2D eigenvalue weighted by Gasteiger charge is -2.31. The zero-order valence-electron chi connectivity index (χ0n) is 15.6. The summed E-state index contributed by atoms with van der Waals surface area (Å²) in [4.78, 5) is 15.8. The third kappa shape index (κ3) is 3.59. The van der Waals surface area contributed by atoms with Gasteiger partial charge < -0.3 is 9.73 Å². The van der Waals surface area contributed by atoms with Gasteiger partial charge in [-0.05, 0) is 63.6 Å². The summed E-state index contributed by atoms with van der Waals surface area (Å²) in [7, 11) is 0. The summed E-state index contributed by atoms with van der Waals surface area (Å²) in [6.45, 7) is 10.0. The van der Waals surface area contributed by atoms with Crippen molar-refractivity contribution >= 4 is 27.4 Å². The van der Waals surface area contributed by atoms with Crippen molar-refractivity contribution in [2.75, 3.05) is 25.0 Å². The molecule has 6 nitrogen and oxygen atoms in total. The van der Waals surface area contributed by atoms with Crippen molar-refractivity contribution in [2.24, 2.45) is 5.92 Å². The van der Waals surface area contributed by atoms with Crippen LogP contribution in [0.25, 0.3) is 10.2 Å². The van der Waals surface area contributed by atoms with Crippen molar-refractivity contribution in [1.82, 2.24) is 19.9 Å². The first-order chi connectivity index (χ1) is 12.6. The maximum Gasteiger partial charge on any atom is 0.208 e. The third-order valence-corrected chi connectivity index (χ3v) is 6.32. The van der Waals surface area contributed by atoms with E-state index in [0.717, 1.165) is 59.6 Å². The Morgan fingerprint density at radius 3 is 2.77 bits per heavy atom. The minimum absolute atomic E-state index is 0.672. The number of hydrogen-bond donors (Lipinski definition) is 1. The molecule has 1 saturated heterocycles. The normalized spacial score (nSPS) is 16.4. The molecule has 0 unspecified atom stereocenters. The fourth-order valence-electron chi connectivity index (χ4n) is 3.48. The van der Waals surface area contributed by atoms with E-state index in [9.17, 15) is 0 Å². The maximum absolute atomic E-state index is 5.71. The highest BCUT2D eigenvalue weighted by Gasteiger charge is 2.21. The number of anilines is 1. The number of aryl methyl sites for hydroxylation is 3. The molecular formula is C19H25N5OS. The molecule has 1 aliphatic heterocycles. The van der Waals surface area contributed by atoms with Gasteiger partial charge in [-0.3, -0.25) is 4.90 Å². The summed E-state index contributed by atoms with van der Waals surface area (Å²) in [6, 6.07) is 0. The molecule has 0 amide bonds. The fraction of sp³-hybridized carbons (Fsp3) is 0.526. The van der Waals surface area contributed by atoms with Gasteiger partial charge in [-0.1, -0.05) is 0 Å². The van der Waals surface area contributed by atoms with E-state index in [1.165, 1.54) is 18.4 Å². The summed E-state index contributed by atoms with van der Waals surface area (Å²) in [5, 5.41) is 5.70. The van der Waals surface area contributed by atoms with Gasteiger partial charge in [0.15, 0.2) is 0 Å². The maximum atomic E-state index is 5.71. The molecule has 0 bridgehead atoms. The molecule has 3 aromatic rings. The van der Waals surface area contributed by atoms with Crippen molar-refractivity contribution in [3.05, 3.63) is 34.6 Å². The Morgan fingerprint density at radius 2 is 2.04 bits per heavy atom. The Morgan fingerprint density at radius 1 is 1.23 bits per heavy atom. The molecule has 0 aromatic carbocycles. The number of aromatic nitrogens is 3. The van der Waals surface area contributed by atoms with E-state index in [2.05, 4.69) is 37.5 Å². The van der Waals surface area contributed by atoms with E-state index in [1.54, 1.807) is 17.7 Å². The number of fused-ring (bicyclic) bond motifs is 1. The molecule has 0 aliphatic carbocycles. The number of thiophene rings is 1. The van der Waals surface area contributed by atoms with Crippen LogP contribution in [0, 0.1) is 26.7 Å². The lowest BCUT2D eigenvalue weighted by atomic mass is 9.97. The van der Waals surface area contributed by atoms with Crippen LogP contribution in [-0.2, 0) is 6.54 Å². The first-order valence-corrected chi connectivity index (χ1v) is 10.1. The molecule has 1 N–H and O–H groups in total. The van der Waals surface area contributed by atoms with Gasteiger partial charge >= 0.3 is 0 Å². The largest absolute Gasteiger partial charge is 0.444 e. The lowest BCUT2D eigenvalue weighted by Crippen LogP contribution is -2.35. The summed E-state index contributed by atoms with van der Waals surface area (Å²) >= 11 is 1.72. The van der Waals surface area contributed by atoms with Gasteiger partial charge in [0.05, 0.1) is 22.5 Å². The van der Waals surface area contributed by atoms with Gasteiger partial charge in [0, 0.05) is 6.54 Å². The van der Waals surface area contributed by atoms with Crippen molar-refractivity contribution in [2.45, 2.75) is 40.2 Å². The topological polar surface area (TPSA) is 67.1 Å². The number of oxazole rings is 1. The monoisotopic (exact) mass is 371 g/mol. The first-order valence-electron chi connectivity index (χ1n) is 9.18. The van der Waals surface area contributed by atoms with E-state index in [0.29, 0.717) is 5.92 Å². The number of piperidine rings is 1. The SMILES string of the molecule is Cc1nc(CN2CCC(CNc3ncnc4c(C)csc34)CC2)oc1C. The summed E-state index contributed by atoms with van der Waals surface area (Å²) in [5.74, 6) is 3.42. The van der Waals surface area contributed by atoms with Crippen LogP contribution in [0.1, 0.15) is 35.7 Å². The number of rotatable bonds is 5. The molecule has 4 rings (SSSR count). The molecule has 1 fully saturated rings. The Hall–Kier alpha value is -1.99. The molecule has 3 aromatic heterocycles. The number of hydrogen-bond acceptors (Lipinski definition) is 7. The molecule has 7 heteroatoms. The van der Waals surface area contributed by atoms with Crippen LogP contribution in [0.2, 0.25) is 0 Å². The van der Waals surface area contributed by atoms with Crippen LogP contribution in [0.4, 0.5) is 5.82 Å². The van der Waals surface area contributed by atoms with E-state index >= 15 is 0 Å². The summed E-state index contributed by atoms with van der Waals surface area (Å²) in [5.41, 5.74) is 3.29. The van der Waals surface area contributed by atoms with Gasteiger partial charge in [0.25, 0.3) is 0 Å². The third-order valence-electron chi connectivity index (χ3n) is 5.23. The highest BCUT2D eigenvalue weighted by molar-refractivity contribution is 7.18. The van der Waals surface area contributed by atoms with Crippen LogP contribution in [0.15, 0.2) is 16.1 Å². The van der Waals surface area contributed by atoms with Crippen LogP contribution in [0.3, 0.4) is 0 Å². The summed E-state index contributed by atoms with van der Waals surface area (Å²) < 4.78 is 6.88. The summed E-state index contributed by atoms with van der Waals surface area (Å²) in [6.07, 6.45) is 4.03. The van der Waals surface area contributed by atoms with Gasteiger partial charge in [0.2, 0.25) is 5.89 Å². The van der Waals surface area contributed by atoms with E-state index in [-0.39, 0.29) is 0 Å². The molecule has 26 heavy (non-hydrogen) atoms. The lowest BCUT2D eigenvalue weighted by molar-refractivity contribution is 0.167. The Bertz CT molecular complexity index is 875. The van der Waals surface area contributed by atoms with E-state index in [1.807, 2.05) is 13.8 Å². The Kier molecular flexibility index (Phi) is 4.91. The van der Waals surface area contributed by atoms with Crippen LogP contribution >= 0.6 is 11.3 Å². The van der Waals surface area contributed by atoms with Gasteiger partial charge in [0.1, 0.15) is 17.9 Å². The second-order valence-corrected chi connectivity index (χ2v) is 8.05. The number of nitrogens with zero attached hydrogens (tertiary/aromatic N) is 4. The van der Waals surface area contributed by atoms with Crippen molar-refractivity contribution in [3.63, 3.8) is 0 Å². The minimum atomic E-state index is 0.672. The zero-order valence-corrected chi connectivity index (χ0v) is 16.4.